The van der Waals surface area contributed by atoms with Crippen LogP contribution in [0.25, 0.3) is 0 Å². The van der Waals surface area contributed by atoms with Gasteiger partial charge in [0.1, 0.15) is 5.25 Å². The minimum absolute atomic E-state index is 0.0964. The molecule has 0 spiro atoms. The molecule has 0 aromatic heterocycles. The third-order valence-corrected chi connectivity index (χ3v) is 2.20. The van der Waals surface area contributed by atoms with E-state index in [1.165, 1.54) is 0 Å². The van der Waals surface area contributed by atoms with Gasteiger partial charge in [0, 0.05) is 0 Å². The predicted molar refractivity (Wildman–Crippen MR) is 59.4 cm³/mol. The van der Waals surface area contributed by atoms with Gasteiger partial charge in [-0.05, 0) is 19.4 Å². The average Bonchev–Trinajstić information content (AvgIpc) is 2.17. The minimum Gasteiger partial charge on any atom is -0.462 e. The molecule has 0 saturated heterocycles. The van der Waals surface area contributed by atoms with Crippen molar-refractivity contribution >= 4 is 18.6 Å². The molecule has 0 bridgehead atoms. The molecule has 0 amide bonds. The predicted octanol–water partition coefficient (Wildman–Crippen LogP) is 2.61. The van der Waals surface area contributed by atoms with Crippen LogP contribution in [0.3, 0.4) is 0 Å². The molecule has 1 aromatic carbocycles. The van der Waals surface area contributed by atoms with Crippen molar-refractivity contribution in [1.82, 2.24) is 0 Å². The number of esters is 1. The normalized spacial score (nSPS) is 12.6. The molecule has 3 heteroatoms. The quantitative estimate of drug-likeness (QED) is 0.613. The summed E-state index contributed by atoms with van der Waals surface area (Å²) in [6.07, 6.45) is -0.0964. The summed E-state index contributed by atoms with van der Waals surface area (Å²) in [5, 5.41) is -0.487. The summed E-state index contributed by atoms with van der Waals surface area (Å²) in [5.74, 6) is -0.297. The van der Waals surface area contributed by atoms with Gasteiger partial charge in [0.25, 0.3) is 0 Å². The molecule has 0 radical (unpaired) electrons. The summed E-state index contributed by atoms with van der Waals surface area (Å²) in [7, 11) is 0. The first-order valence-electron chi connectivity index (χ1n) is 4.54. The van der Waals surface area contributed by atoms with Crippen molar-refractivity contribution in [3.63, 3.8) is 0 Å². The molecule has 1 atom stereocenters. The molecule has 0 heterocycles. The van der Waals surface area contributed by atoms with Gasteiger partial charge in [-0.3, -0.25) is 4.79 Å². The number of carbonyl (C=O) groups is 1. The van der Waals surface area contributed by atoms with E-state index in [4.69, 9.17) is 4.74 Å². The van der Waals surface area contributed by atoms with Gasteiger partial charge < -0.3 is 4.74 Å². The zero-order valence-corrected chi connectivity index (χ0v) is 9.20. The van der Waals surface area contributed by atoms with E-state index in [0.717, 1.165) is 5.56 Å². The third-order valence-electron chi connectivity index (χ3n) is 1.69. The van der Waals surface area contributed by atoms with Crippen molar-refractivity contribution in [2.75, 3.05) is 0 Å². The lowest BCUT2D eigenvalue weighted by Crippen LogP contribution is -2.16. The van der Waals surface area contributed by atoms with Crippen molar-refractivity contribution in [2.24, 2.45) is 0 Å². The lowest BCUT2D eigenvalue weighted by Gasteiger charge is -2.13. The Bertz CT molecular complexity index is 295. The molecule has 0 saturated carbocycles. The van der Waals surface area contributed by atoms with Gasteiger partial charge in [-0.25, -0.2) is 0 Å². The lowest BCUT2D eigenvalue weighted by molar-refractivity contribution is -0.146. The molecule has 0 aliphatic carbocycles. The first-order chi connectivity index (χ1) is 6.61. The zero-order chi connectivity index (χ0) is 10.6. The van der Waals surface area contributed by atoms with Crippen LogP contribution in [-0.4, -0.2) is 12.1 Å². The van der Waals surface area contributed by atoms with Gasteiger partial charge in [0.2, 0.25) is 0 Å². The summed E-state index contributed by atoms with van der Waals surface area (Å²) in [5.41, 5.74) is 0.862. The van der Waals surface area contributed by atoms with Gasteiger partial charge in [-0.2, -0.15) is 12.6 Å². The molecule has 76 valence electrons. The zero-order valence-electron chi connectivity index (χ0n) is 8.31. The Morgan fingerprint density at radius 1 is 1.29 bits per heavy atom. The van der Waals surface area contributed by atoms with Gasteiger partial charge in [0.15, 0.2) is 0 Å². The molecule has 1 unspecified atom stereocenters. The summed E-state index contributed by atoms with van der Waals surface area (Å²) >= 11 is 4.21. The Balaban J connectivity index is 2.66. The molecule has 1 aromatic rings. The molecule has 14 heavy (non-hydrogen) atoms. The molecule has 0 N–H and O–H groups in total. The number of carbonyl (C=O) groups excluding carboxylic acids is 1. The standard InChI is InChI=1S/C11H14O2S/c1-8(2)13-11(12)10(14)9-6-4-3-5-7-9/h3-8,10,14H,1-2H3. The summed E-state index contributed by atoms with van der Waals surface area (Å²) in [4.78, 5) is 11.5. The van der Waals surface area contributed by atoms with E-state index >= 15 is 0 Å². The van der Waals surface area contributed by atoms with Crippen LogP contribution in [-0.2, 0) is 9.53 Å². The summed E-state index contributed by atoms with van der Waals surface area (Å²) in [6, 6.07) is 9.37. The third kappa shape index (κ3) is 3.07. The molecule has 0 aliphatic heterocycles. The Morgan fingerprint density at radius 3 is 2.36 bits per heavy atom. The van der Waals surface area contributed by atoms with Gasteiger partial charge in [0.05, 0.1) is 6.10 Å². The Labute approximate surface area is 89.7 Å². The highest BCUT2D eigenvalue weighted by atomic mass is 32.1. The van der Waals surface area contributed by atoms with E-state index in [-0.39, 0.29) is 12.1 Å². The van der Waals surface area contributed by atoms with Crippen molar-refractivity contribution in [1.29, 1.82) is 0 Å². The topological polar surface area (TPSA) is 26.3 Å². The fraction of sp³-hybridized carbons (Fsp3) is 0.364. The van der Waals surface area contributed by atoms with Crippen LogP contribution < -0.4 is 0 Å². The number of ether oxygens (including phenoxy) is 1. The van der Waals surface area contributed by atoms with Crippen molar-refractivity contribution in [2.45, 2.75) is 25.2 Å². The van der Waals surface area contributed by atoms with Crippen molar-refractivity contribution < 1.29 is 9.53 Å². The van der Waals surface area contributed by atoms with Crippen LogP contribution in [0.2, 0.25) is 0 Å². The first-order valence-corrected chi connectivity index (χ1v) is 5.06. The van der Waals surface area contributed by atoms with Crippen LogP contribution in [0.4, 0.5) is 0 Å². The second-order valence-corrected chi connectivity index (χ2v) is 3.82. The highest BCUT2D eigenvalue weighted by Gasteiger charge is 2.18. The molecule has 1 rings (SSSR count). The largest absolute Gasteiger partial charge is 0.462 e. The Hall–Kier alpha value is -0.960. The van der Waals surface area contributed by atoms with Gasteiger partial charge in [-0.15, -0.1) is 0 Å². The minimum atomic E-state index is -0.487. The van der Waals surface area contributed by atoms with Crippen molar-refractivity contribution in [3.05, 3.63) is 35.9 Å². The van der Waals surface area contributed by atoms with E-state index in [9.17, 15) is 4.79 Å². The highest BCUT2D eigenvalue weighted by molar-refractivity contribution is 7.81. The molecular weight excluding hydrogens is 196 g/mol. The molecule has 0 fully saturated rings. The van der Waals surface area contributed by atoms with Gasteiger partial charge in [-0.1, -0.05) is 30.3 Å². The second-order valence-electron chi connectivity index (χ2n) is 3.30. The van der Waals surface area contributed by atoms with Crippen LogP contribution in [0.1, 0.15) is 24.7 Å². The molecule has 2 nitrogen and oxygen atoms in total. The van der Waals surface area contributed by atoms with E-state index in [0.29, 0.717) is 0 Å². The number of hydrogen-bond donors (Lipinski definition) is 1. The van der Waals surface area contributed by atoms with E-state index in [1.54, 1.807) is 0 Å². The maximum absolute atomic E-state index is 11.5. The summed E-state index contributed by atoms with van der Waals surface area (Å²) in [6.45, 7) is 3.65. The maximum atomic E-state index is 11.5. The van der Waals surface area contributed by atoms with Crippen LogP contribution in [0, 0.1) is 0 Å². The van der Waals surface area contributed by atoms with Crippen LogP contribution >= 0.6 is 12.6 Å². The highest BCUT2D eigenvalue weighted by Crippen LogP contribution is 2.21. The summed E-state index contributed by atoms with van der Waals surface area (Å²) < 4.78 is 5.05. The second kappa shape index (κ2) is 5.05. The van der Waals surface area contributed by atoms with E-state index < -0.39 is 5.25 Å². The van der Waals surface area contributed by atoms with Crippen LogP contribution in [0.15, 0.2) is 30.3 Å². The Kier molecular flexibility index (Phi) is 4.01. The number of thiol groups is 1. The van der Waals surface area contributed by atoms with Crippen LogP contribution in [0.5, 0.6) is 0 Å². The lowest BCUT2D eigenvalue weighted by atomic mass is 10.1. The molecule has 0 aliphatic rings. The molecular formula is C11H14O2S. The average molecular weight is 210 g/mol. The monoisotopic (exact) mass is 210 g/mol. The maximum Gasteiger partial charge on any atom is 0.323 e. The first kappa shape index (κ1) is 11.1. The number of rotatable bonds is 3. The SMILES string of the molecule is CC(C)OC(=O)C(S)c1ccccc1. The fourth-order valence-corrected chi connectivity index (χ4v) is 1.30. The van der Waals surface area contributed by atoms with Gasteiger partial charge >= 0.3 is 5.97 Å². The van der Waals surface area contributed by atoms with Crippen molar-refractivity contribution in [3.8, 4) is 0 Å². The smallest absolute Gasteiger partial charge is 0.323 e. The van der Waals surface area contributed by atoms with E-state index in [1.807, 2.05) is 44.2 Å². The Morgan fingerprint density at radius 2 is 1.86 bits per heavy atom. The fourth-order valence-electron chi connectivity index (χ4n) is 1.07. The number of benzene rings is 1. The number of hydrogen-bond acceptors (Lipinski definition) is 3. The van der Waals surface area contributed by atoms with E-state index in [2.05, 4.69) is 12.6 Å².